The molecule has 0 atom stereocenters. The van der Waals surface area contributed by atoms with Crippen molar-refractivity contribution in [1.82, 2.24) is 9.71 Å². The second-order valence-electron chi connectivity index (χ2n) is 4.32. The predicted molar refractivity (Wildman–Crippen MR) is 62.3 cm³/mol. The Labute approximate surface area is 100 Å². The van der Waals surface area contributed by atoms with Crippen LogP contribution in [0, 0.1) is 5.82 Å². The minimum absolute atomic E-state index is 0.334. The molecule has 0 fully saturated rings. The molecule has 3 N–H and O–H groups in total. The van der Waals surface area contributed by atoms with Crippen LogP contribution in [0.3, 0.4) is 0 Å². The van der Waals surface area contributed by atoms with Gasteiger partial charge in [-0.1, -0.05) is 0 Å². The quantitative estimate of drug-likeness (QED) is 0.814. The van der Waals surface area contributed by atoms with Crippen molar-refractivity contribution in [3.05, 3.63) is 24.1 Å². The summed E-state index contributed by atoms with van der Waals surface area (Å²) >= 11 is 0. The standard InChI is InChI=1S/C10H16FN3O2S/c1-10(2,5-6-12)14-17(15,16)9-8(11)4-3-7-13-9/h3-4,7,14H,5-6,12H2,1-2H3. The highest BCUT2D eigenvalue weighted by atomic mass is 32.2. The molecule has 17 heavy (non-hydrogen) atoms. The first-order valence-electron chi connectivity index (χ1n) is 5.13. The molecular weight excluding hydrogens is 245 g/mol. The van der Waals surface area contributed by atoms with Gasteiger partial charge in [-0.2, -0.15) is 0 Å². The number of aromatic nitrogens is 1. The normalized spacial score (nSPS) is 12.7. The molecule has 0 aliphatic heterocycles. The molecule has 1 aromatic heterocycles. The lowest BCUT2D eigenvalue weighted by Gasteiger charge is -2.24. The van der Waals surface area contributed by atoms with Crippen molar-refractivity contribution in [2.24, 2.45) is 5.73 Å². The first-order valence-corrected chi connectivity index (χ1v) is 6.61. The highest BCUT2D eigenvalue weighted by Crippen LogP contribution is 2.15. The highest BCUT2D eigenvalue weighted by molar-refractivity contribution is 7.89. The van der Waals surface area contributed by atoms with E-state index in [2.05, 4.69) is 9.71 Å². The molecule has 0 bridgehead atoms. The average molecular weight is 261 g/mol. The zero-order chi connectivity index (χ0) is 13.1. The molecule has 1 aromatic rings. The van der Waals surface area contributed by atoms with E-state index in [1.165, 1.54) is 12.3 Å². The Morgan fingerprint density at radius 3 is 2.71 bits per heavy atom. The number of halogens is 1. The molecule has 5 nitrogen and oxygen atoms in total. The van der Waals surface area contributed by atoms with Crippen LogP contribution < -0.4 is 10.5 Å². The predicted octanol–water partition coefficient (Wildman–Crippen LogP) is 0.626. The van der Waals surface area contributed by atoms with E-state index in [9.17, 15) is 12.8 Å². The third-order valence-electron chi connectivity index (χ3n) is 2.16. The van der Waals surface area contributed by atoms with E-state index in [-0.39, 0.29) is 0 Å². The van der Waals surface area contributed by atoms with E-state index in [0.29, 0.717) is 13.0 Å². The number of hydrogen-bond acceptors (Lipinski definition) is 4. The first-order chi connectivity index (χ1) is 7.78. The smallest absolute Gasteiger partial charge is 0.261 e. The van der Waals surface area contributed by atoms with Gasteiger partial charge in [-0.15, -0.1) is 0 Å². The second-order valence-corrected chi connectivity index (χ2v) is 5.92. The maximum absolute atomic E-state index is 13.3. The lowest BCUT2D eigenvalue weighted by molar-refractivity contribution is 0.424. The van der Waals surface area contributed by atoms with Crippen molar-refractivity contribution in [2.75, 3.05) is 6.54 Å². The van der Waals surface area contributed by atoms with Crippen LogP contribution in [-0.2, 0) is 10.0 Å². The van der Waals surface area contributed by atoms with Crippen LogP contribution in [-0.4, -0.2) is 25.5 Å². The Hall–Kier alpha value is -1.05. The van der Waals surface area contributed by atoms with Gasteiger partial charge in [0, 0.05) is 11.7 Å². The van der Waals surface area contributed by atoms with Crippen molar-refractivity contribution < 1.29 is 12.8 Å². The maximum Gasteiger partial charge on any atom is 0.261 e. The van der Waals surface area contributed by atoms with E-state index in [4.69, 9.17) is 5.73 Å². The summed E-state index contributed by atoms with van der Waals surface area (Å²) in [5.41, 5.74) is 4.64. The summed E-state index contributed by atoms with van der Waals surface area (Å²) in [5.74, 6) is -0.872. The Kier molecular flexibility index (Phi) is 4.18. The maximum atomic E-state index is 13.3. The van der Waals surface area contributed by atoms with E-state index in [0.717, 1.165) is 6.07 Å². The van der Waals surface area contributed by atoms with Crippen LogP contribution in [0.15, 0.2) is 23.4 Å². The summed E-state index contributed by atoms with van der Waals surface area (Å²) in [6.45, 7) is 3.69. The lowest BCUT2D eigenvalue weighted by atomic mass is 10.0. The molecule has 7 heteroatoms. The molecule has 0 aliphatic carbocycles. The first kappa shape index (κ1) is 14.0. The van der Waals surface area contributed by atoms with Gasteiger partial charge in [-0.25, -0.2) is 22.5 Å². The molecule has 0 aliphatic rings. The monoisotopic (exact) mass is 261 g/mol. The molecule has 0 radical (unpaired) electrons. The summed E-state index contributed by atoms with van der Waals surface area (Å²) in [4.78, 5) is 3.54. The van der Waals surface area contributed by atoms with E-state index < -0.39 is 26.4 Å². The third kappa shape index (κ3) is 3.72. The topological polar surface area (TPSA) is 85.1 Å². The van der Waals surface area contributed by atoms with Crippen molar-refractivity contribution in [2.45, 2.75) is 30.8 Å². The van der Waals surface area contributed by atoms with Crippen molar-refractivity contribution in [3.63, 3.8) is 0 Å². The fraction of sp³-hybridized carbons (Fsp3) is 0.500. The van der Waals surface area contributed by atoms with Gasteiger partial charge in [0.05, 0.1) is 0 Å². The fourth-order valence-corrected chi connectivity index (χ4v) is 2.84. The summed E-state index contributed by atoms with van der Waals surface area (Å²) in [6.07, 6.45) is 1.67. The van der Waals surface area contributed by atoms with Crippen LogP contribution >= 0.6 is 0 Å². The third-order valence-corrected chi connectivity index (χ3v) is 3.79. The SMILES string of the molecule is CC(C)(CCN)NS(=O)(=O)c1ncccc1F. The van der Waals surface area contributed by atoms with Gasteiger partial charge in [0.15, 0.2) is 5.82 Å². The molecule has 0 unspecified atom stereocenters. The lowest BCUT2D eigenvalue weighted by Crippen LogP contribution is -2.45. The van der Waals surface area contributed by atoms with Crippen LogP contribution in [0.1, 0.15) is 20.3 Å². The second kappa shape index (κ2) is 5.07. The summed E-state index contributed by atoms with van der Waals surface area (Å²) in [7, 11) is -3.96. The van der Waals surface area contributed by atoms with Gasteiger partial charge >= 0.3 is 0 Å². The average Bonchev–Trinajstić information content (AvgIpc) is 2.15. The number of nitrogens with two attached hydrogens (primary N) is 1. The largest absolute Gasteiger partial charge is 0.330 e. The van der Waals surface area contributed by atoms with Crippen LogP contribution in [0.5, 0.6) is 0 Å². The van der Waals surface area contributed by atoms with E-state index in [1.807, 2.05) is 0 Å². The van der Waals surface area contributed by atoms with Crippen molar-refractivity contribution in [3.8, 4) is 0 Å². The van der Waals surface area contributed by atoms with Gasteiger partial charge in [0.1, 0.15) is 0 Å². The number of nitrogens with zero attached hydrogens (tertiary/aromatic N) is 1. The Balaban J connectivity index is 3.02. The highest BCUT2D eigenvalue weighted by Gasteiger charge is 2.28. The number of sulfonamides is 1. The molecule has 0 spiro atoms. The van der Waals surface area contributed by atoms with Gasteiger partial charge in [0.2, 0.25) is 5.03 Å². The van der Waals surface area contributed by atoms with Crippen molar-refractivity contribution >= 4 is 10.0 Å². The Morgan fingerprint density at radius 2 is 2.18 bits per heavy atom. The van der Waals surface area contributed by atoms with Gasteiger partial charge in [-0.3, -0.25) is 0 Å². The molecule has 0 saturated carbocycles. The number of rotatable bonds is 5. The summed E-state index contributed by atoms with van der Waals surface area (Å²) in [6, 6.07) is 2.39. The minimum atomic E-state index is -3.96. The van der Waals surface area contributed by atoms with Crippen LogP contribution in [0.25, 0.3) is 0 Å². The Bertz CT molecular complexity index is 488. The zero-order valence-corrected chi connectivity index (χ0v) is 10.6. The molecule has 1 heterocycles. The summed E-state index contributed by atoms with van der Waals surface area (Å²) < 4.78 is 39.5. The van der Waals surface area contributed by atoms with E-state index >= 15 is 0 Å². The molecule has 1 rings (SSSR count). The van der Waals surface area contributed by atoms with Gasteiger partial charge in [-0.05, 0) is 38.9 Å². The molecule has 0 saturated heterocycles. The number of nitrogens with one attached hydrogen (secondary N) is 1. The van der Waals surface area contributed by atoms with E-state index in [1.54, 1.807) is 13.8 Å². The Morgan fingerprint density at radius 1 is 1.53 bits per heavy atom. The fourth-order valence-electron chi connectivity index (χ4n) is 1.39. The minimum Gasteiger partial charge on any atom is -0.330 e. The number of pyridine rings is 1. The van der Waals surface area contributed by atoms with Crippen LogP contribution in [0.2, 0.25) is 0 Å². The summed E-state index contributed by atoms with van der Waals surface area (Å²) in [5, 5.41) is -0.593. The van der Waals surface area contributed by atoms with Gasteiger partial charge in [0.25, 0.3) is 10.0 Å². The van der Waals surface area contributed by atoms with Gasteiger partial charge < -0.3 is 5.73 Å². The molecular formula is C10H16FN3O2S. The van der Waals surface area contributed by atoms with Crippen LogP contribution in [0.4, 0.5) is 4.39 Å². The zero-order valence-electron chi connectivity index (χ0n) is 9.77. The van der Waals surface area contributed by atoms with Crippen molar-refractivity contribution in [1.29, 1.82) is 0 Å². The molecule has 96 valence electrons. The number of hydrogen-bond donors (Lipinski definition) is 2. The molecule has 0 amide bonds. The molecule has 0 aromatic carbocycles.